The molecule has 0 saturated carbocycles. The molecule has 33 heavy (non-hydrogen) atoms. The summed E-state index contributed by atoms with van der Waals surface area (Å²) < 4.78 is 0. The minimum atomic E-state index is -0.439. The third-order valence-corrected chi connectivity index (χ3v) is 6.56. The number of amides is 1. The van der Waals surface area contributed by atoms with E-state index in [1.54, 1.807) is 6.07 Å². The van der Waals surface area contributed by atoms with Gasteiger partial charge in [0.2, 0.25) is 0 Å². The molecule has 0 bridgehead atoms. The van der Waals surface area contributed by atoms with Gasteiger partial charge in [-0.2, -0.15) is 0 Å². The van der Waals surface area contributed by atoms with Crippen LogP contribution in [0.2, 0.25) is 0 Å². The van der Waals surface area contributed by atoms with E-state index in [9.17, 15) is 14.9 Å². The second-order valence-electron chi connectivity index (χ2n) is 8.78. The number of anilines is 2. The molecule has 0 unspecified atom stereocenters. The molecule has 176 valence electrons. The number of non-ortho nitro benzene ring substituents is 1. The van der Waals surface area contributed by atoms with Gasteiger partial charge in [0.25, 0.3) is 11.6 Å². The number of nitrogens with one attached hydrogen (secondary N) is 1. The van der Waals surface area contributed by atoms with Crippen molar-refractivity contribution in [3.63, 3.8) is 0 Å². The second kappa shape index (κ2) is 11.1. The van der Waals surface area contributed by atoms with Gasteiger partial charge in [0.1, 0.15) is 0 Å². The van der Waals surface area contributed by atoms with Gasteiger partial charge in [0.15, 0.2) is 0 Å². The summed E-state index contributed by atoms with van der Waals surface area (Å²) in [7, 11) is 0. The molecule has 0 spiro atoms. The number of benzene rings is 2. The SMILES string of the molecule is O=C(NCCCN1CCN(c2ccccc2)CC1)c1cc([N+](=O)[O-])ccc1N1CCCCC1. The van der Waals surface area contributed by atoms with Crippen molar-refractivity contribution in [2.24, 2.45) is 0 Å². The van der Waals surface area contributed by atoms with Crippen molar-refractivity contribution in [3.8, 4) is 0 Å². The highest BCUT2D eigenvalue weighted by atomic mass is 16.6. The summed E-state index contributed by atoms with van der Waals surface area (Å²) in [6.07, 6.45) is 4.20. The Balaban J connectivity index is 1.27. The number of nitro benzene ring substituents is 1. The quantitative estimate of drug-likeness (QED) is 0.376. The van der Waals surface area contributed by atoms with Crippen molar-refractivity contribution in [1.82, 2.24) is 10.2 Å². The first-order chi connectivity index (χ1) is 16.1. The molecule has 2 aromatic carbocycles. The molecule has 2 aliphatic rings. The third kappa shape index (κ3) is 6.01. The lowest BCUT2D eigenvalue weighted by Gasteiger charge is -2.36. The maximum absolute atomic E-state index is 13.0. The zero-order chi connectivity index (χ0) is 23.0. The van der Waals surface area contributed by atoms with E-state index in [1.165, 1.54) is 24.2 Å². The Kier molecular flexibility index (Phi) is 7.78. The number of piperazine rings is 1. The largest absolute Gasteiger partial charge is 0.371 e. The molecular weight excluding hydrogens is 418 g/mol. The molecule has 2 fully saturated rings. The molecule has 1 N–H and O–H groups in total. The van der Waals surface area contributed by atoms with Gasteiger partial charge >= 0.3 is 0 Å². The van der Waals surface area contributed by atoms with Crippen LogP contribution >= 0.6 is 0 Å². The van der Waals surface area contributed by atoms with Crippen LogP contribution in [0.5, 0.6) is 0 Å². The van der Waals surface area contributed by atoms with Crippen LogP contribution in [-0.2, 0) is 0 Å². The van der Waals surface area contributed by atoms with Crippen LogP contribution in [0.15, 0.2) is 48.5 Å². The molecule has 1 amide bonds. The first-order valence-electron chi connectivity index (χ1n) is 12.0. The van der Waals surface area contributed by atoms with Crippen LogP contribution < -0.4 is 15.1 Å². The van der Waals surface area contributed by atoms with Crippen LogP contribution in [0.25, 0.3) is 0 Å². The Bertz CT molecular complexity index is 938. The van der Waals surface area contributed by atoms with E-state index in [4.69, 9.17) is 0 Å². The smallest absolute Gasteiger partial charge is 0.270 e. The lowest BCUT2D eigenvalue weighted by molar-refractivity contribution is -0.384. The topological polar surface area (TPSA) is 82.0 Å². The summed E-state index contributed by atoms with van der Waals surface area (Å²) >= 11 is 0. The Morgan fingerprint density at radius 3 is 2.33 bits per heavy atom. The summed E-state index contributed by atoms with van der Waals surface area (Å²) in [5, 5.41) is 14.3. The van der Waals surface area contributed by atoms with Gasteiger partial charge in [-0.15, -0.1) is 0 Å². The molecule has 0 aliphatic carbocycles. The van der Waals surface area contributed by atoms with E-state index in [2.05, 4.69) is 44.3 Å². The zero-order valence-corrected chi connectivity index (χ0v) is 19.1. The second-order valence-corrected chi connectivity index (χ2v) is 8.78. The van der Waals surface area contributed by atoms with Crippen molar-refractivity contribution in [2.45, 2.75) is 25.7 Å². The number of hydrogen-bond acceptors (Lipinski definition) is 6. The van der Waals surface area contributed by atoms with Crippen LogP contribution in [0.4, 0.5) is 17.1 Å². The molecule has 2 heterocycles. The van der Waals surface area contributed by atoms with E-state index < -0.39 is 4.92 Å². The van der Waals surface area contributed by atoms with Crippen LogP contribution in [-0.4, -0.2) is 68.1 Å². The fourth-order valence-corrected chi connectivity index (χ4v) is 4.70. The average molecular weight is 452 g/mol. The Labute approximate surface area is 195 Å². The highest BCUT2D eigenvalue weighted by Gasteiger charge is 2.22. The fraction of sp³-hybridized carbons (Fsp3) is 0.480. The minimum Gasteiger partial charge on any atom is -0.371 e. The zero-order valence-electron chi connectivity index (χ0n) is 19.1. The summed E-state index contributed by atoms with van der Waals surface area (Å²) in [5.74, 6) is -0.229. The number of nitro groups is 1. The van der Waals surface area contributed by atoms with E-state index in [1.807, 2.05) is 6.07 Å². The maximum atomic E-state index is 13.0. The van der Waals surface area contributed by atoms with E-state index >= 15 is 0 Å². The molecule has 2 aliphatic heterocycles. The molecule has 8 heteroatoms. The standard InChI is InChI=1S/C25H33N5O3/c31-25(23-20-22(30(32)33)10-11-24(23)29-14-5-2-6-15-29)26-12-7-13-27-16-18-28(19-17-27)21-8-3-1-4-9-21/h1,3-4,8-11,20H,2,5-7,12-19H2,(H,26,31). The molecular formula is C25H33N5O3. The van der Waals surface area contributed by atoms with Crippen molar-refractivity contribution in [2.75, 3.05) is 62.2 Å². The van der Waals surface area contributed by atoms with Gasteiger partial charge in [0.05, 0.1) is 16.2 Å². The number of carbonyl (C=O) groups excluding carboxylic acids is 1. The summed E-state index contributed by atoms with van der Waals surface area (Å²) in [4.78, 5) is 30.8. The Morgan fingerprint density at radius 2 is 1.64 bits per heavy atom. The minimum absolute atomic E-state index is 0.0443. The number of nitrogens with zero attached hydrogens (tertiary/aromatic N) is 4. The molecule has 0 radical (unpaired) electrons. The third-order valence-electron chi connectivity index (χ3n) is 6.56. The lowest BCUT2D eigenvalue weighted by atomic mass is 10.1. The molecule has 8 nitrogen and oxygen atoms in total. The lowest BCUT2D eigenvalue weighted by Crippen LogP contribution is -2.47. The summed E-state index contributed by atoms with van der Waals surface area (Å²) in [6, 6.07) is 15.1. The molecule has 4 rings (SSSR count). The van der Waals surface area contributed by atoms with Crippen molar-refractivity contribution < 1.29 is 9.72 Å². The number of rotatable bonds is 8. The first-order valence-corrected chi connectivity index (χ1v) is 12.0. The number of para-hydroxylation sites is 1. The maximum Gasteiger partial charge on any atom is 0.270 e. The van der Waals surface area contributed by atoms with Gasteiger partial charge in [-0.05, 0) is 50.4 Å². The Morgan fingerprint density at radius 1 is 0.909 bits per heavy atom. The number of piperidine rings is 1. The summed E-state index contributed by atoms with van der Waals surface area (Å²) in [6.45, 7) is 7.27. The highest BCUT2D eigenvalue weighted by Crippen LogP contribution is 2.28. The fourth-order valence-electron chi connectivity index (χ4n) is 4.70. The van der Waals surface area contributed by atoms with Gasteiger partial charge in [-0.3, -0.25) is 19.8 Å². The van der Waals surface area contributed by atoms with Gasteiger partial charge in [0, 0.05) is 63.6 Å². The van der Waals surface area contributed by atoms with Gasteiger partial charge in [-0.1, -0.05) is 18.2 Å². The van der Waals surface area contributed by atoms with Gasteiger partial charge < -0.3 is 15.1 Å². The molecule has 0 aromatic heterocycles. The predicted molar refractivity (Wildman–Crippen MR) is 131 cm³/mol. The van der Waals surface area contributed by atoms with Crippen molar-refractivity contribution in [1.29, 1.82) is 0 Å². The average Bonchev–Trinajstić information content (AvgIpc) is 2.87. The summed E-state index contributed by atoms with van der Waals surface area (Å²) in [5.41, 5.74) is 2.43. The normalized spacial score (nSPS) is 17.1. The molecule has 2 saturated heterocycles. The molecule has 0 atom stereocenters. The van der Waals surface area contributed by atoms with Crippen LogP contribution in [0.1, 0.15) is 36.0 Å². The molecule has 2 aromatic rings. The number of hydrogen-bond donors (Lipinski definition) is 1. The van der Waals surface area contributed by atoms with E-state index in [0.29, 0.717) is 12.1 Å². The highest BCUT2D eigenvalue weighted by molar-refractivity contribution is 6.00. The van der Waals surface area contributed by atoms with Crippen molar-refractivity contribution >= 4 is 23.0 Å². The van der Waals surface area contributed by atoms with Crippen LogP contribution in [0.3, 0.4) is 0 Å². The van der Waals surface area contributed by atoms with E-state index in [0.717, 1.165) is 70.8 Å². The Hall–Kier alpha value is -3.13. The van der Waals surface area contributed by atoms with Crippen molar-refractivity contribution in [3.05, 3.63) is 64.2 Å². The predicted octanol–water partition coefficient (Wildman–Crippen LogP) is 3.53. The van der Waals surface area contributed by atoms with Crippen LogP contribution in [0, 0.1) is 10.1 Å². The first kappa shape index (κ1) is 23.0. The number of carbonyl (C=O) groups is 1. The van der Waals surface area contributed by atoms with Gasteiger partial charge in [-0.25, -0.2) is 0 Å². The van der Waals surface area contributed by atoms with E-state index in [-0.39, 0.29) is 11.6 Å². The monoisotopic (exact) mass is 451 g/mol.